The van der Waals surface area contributed by atoms with Gasteiger partial charge >= 0.3 is 6.18 Å². The molecule has 0 amide bonds. The van der Waals surface area contributed by atoms with E-state index in [1.165, 1.54) is 28.9 Å². The van der Waals surface area contributed by atoms with E-state index in [2.05, 4.69) is 5.10 Å². The molecule has 1 heterocycles. The van der Waals surface area contributed by atoms with Crippen LogP contribution < -0.4 is 0 Å². The second kappa shape index (κ2) is 8.49. The lowest BCUT2D eigenvalue weighted by atomic mass is 10.1. The highest BCUT2D eigenvalue weighted by atomic mass is 35.5. The van der Waals surface area contributed by atoms with Gasteiger partial charge in [-0.05, 0) is 49.1 Å². The van der Waals surface area contributed by atoms with Crippen molar-refractivity contribution in [1.82, 2.24) is 9.78 Å². The molecule has 3 nitrogen and oxygen atoms in total. The average Bonchev–Trinajstić information content (AvgIpc) is 2.97. The van der Waals surface area contributed by atoms with Crippen LogP contribution in [0.3, 0.4) is 0 Å². The number of aliphatic hydroxyl groups is 1. The number of halogens is 5. The van der Waals surface area contributed by atoms with Crippen molar-refractivity contribution in [2.24, 2.45) is 0 Å². The number of unbranched alkanes of at least 4 members (excludes halogenated alkanes) is 2. The van der Waals surface area contributed by atoms with Crippen LogP contribution in [0.5, 0.6) is 0 Å². The summed E-state index contributed by atoms with van der Waals surface area (Å²) < 4.78 is 54.2. The fourth-order valence-corrected chi connectivity index (χ4v) is 3.34. The summed E-state index contributed by atoms with van der Waals surface area (Å²) in [6.07, 6.45) is -1.63. The highest BCUT2D eigenvalue weighted by Crippen LogP contribution is 2.33. The number of benzene rings is 2. The van der Waals surface area contributed by atoms with Crippen molar-refractivity contribution in [2.75, 3.05) is 6.61 Å². The first kappa shape index (κ1) is 20.6. The van der Waals surface area contributed by atoms with Gasteiger partial charge in [-0.1, -0.05) is 30.2 Å². The van der Waals surface area contributed by atoms with Crippen molar-refractivity contribution in [2.45, 2.75) is 38.4 Å². The van der Waals surface area contributed by atoms with Gasteiger partial charge in [0, 0.05) is 17.0 Å². The van der Waals surface area contributed by atoms with Crippen molar-refractivity contribution in [3.05, 3.63) is 64.1 Å². The van der Waals surface area contributed by atoms with E-state index in [4.69, 9.17) is 16.7 Å². The van der Waals surface area contributed by atoms with Crippen molar-refractivity contribution in [3.63, 3.8) is 0 Å². The molecule has 3 rings (SSSR count). The Bertz CT molecular complexity index is 969. The third-order valence-corrected chi connectivity index (χ3v) is 4.91. The van der Waals surface area contributed by atoms with Crippen LogP contribution in [0.15, 0.2) is 36.4 Å². The highest BCUT2D eigenvalue weighted by molar-refractivity contribution is 6.31. The zero-order valence-electron chi connectivity index (χ0n) is 14.9. The minimum Gasteiger partial charge on any atom is -0.396 e. The van der Waals surface area contributed by atoms with Gasteiger partial charge < -0.3 is 5.11 Å². The molecule has 0 atom stereocenters. The molecule has 2 aromatic carbocycles. The number of nitrogens with zero attached hydrogens (tertiary/aromatic N) is 2. The summed E-state index contributed by atoms with van der Waals surface area (Å²) in [5.41, 5.74) is 0.863. The van der Waals surface area contributed by atoms with Crippen LogP contribution in [0.4, 0.5) is 17.6 Å². The summed E-state index contributed by atoms with van der Waals surface area (Å²) in [6, 6.07) is 7.49. The van der Waals surface area contributed by atoms with Gasteiger partial charge in [0.25, 0.3) is 0 Å². The SMILES string of the molecule is OCCCCCc1nn(Cc2ccc(F)cc2Cl)c2cc(C(F)(F)F)ccc12. The van der Waals surface area contributed by atoms with Crippen molar-refractivity contribution < 1.29 is 22.7 Å². The number of alkyl halides is 3. The second-order valence-electron chi connectivity index (χ2n) is 6.60. The first-order chi connectivity index (χ1) is 13.3. The van der Waals surface area contributed by atoms with E-state index >= 15 is 0 Å². The van der Waals surface area contributed by atoms with Gasteiger partial charge in [-0.3, -0.25) is 4.68 Å². The van der Waals surface area contributed by atoms with Gasteiger partial charge in [0.15, 0.2) is 0 Å². The standard InChI is InChI=1S/C20H19ClF4N2O/c21-17-11-15(22)7-5-13(17)12-27-19-10-14(20(23,24)25)6-8-16(19)18(26-27)4-2-1-3-9-28/h5-8,10-11,28H,1-4,9,12H2. The molecular formula is C20H19ClF4N2O. The summed E-state index contributed by atoms with van der Waals surface area (Å²) in [5.74, 6) is -0.483. The zero-order valence-corrected chi connectivity index (χ0v) is 15.7. The molecule has 1 N–H and O–H groups in total. The smallest absolute Gasteiger partial charge is 0.396 e. The van der Waals surface area contributed by atoms with Gasteiger partial charge in [0.1, 0.15) is 5.82 Å². The molecule has 0 saturated heterocycles. The minimum atomic E-state index is -4.46. The predicted molar refractivity (Wildman–Crippen MR) is 99.9 cm³/mol. The number of hydrogen-bond donors (Lipinski definition) is 1. The number of aliphatic hydroxyl groups excluding tert-OH is 1. The zero-order chi connectivity index (χ0) is 20.3. The number of aryl methyl sites for hydroxylation is 1. The van der Waals surface area contributed by atoms with Gasteiger partial charge in [-0.25, -0.2) is 4.39 Å². The number of hydrogen-bond acceptors (Lipinski definition) is 2. The molecule has 150 valence electrons. The molecule has 0 radical (unpaired) electrons. The third-order valence-electron chi connectivity index (χ3n) is 4.56. The molecule has 28 heavy (non-hydrogen) atoms. The molecule has 0 aliphatic rings. The number of rotatable bonds is 7. The van der Waals surface area contributed by atoms with Crippen LogP contribution >= 0.6 is 11.6 Å². The highest BCUT2D eigenvalue weighted by Gasteiger charge is 2.31. The maximum atomic E-state index is 13.3. The molecule has 8 heteroatoms. The summed E-state index contributed by atoms with van der Waals surface area (Å²) in [4.78, 5) is 0. The third kappa shape index (κ3) is 4.64. The fraction of sp³-hybridized carbons (Fsp3) is 0.350. The van der Waals surface area contributed by atoms with Crippen LogP contribution in [0.2, 0.25) is 5.02 Å². The van der Waals surface area contributed by atoms with Crippen LogP contribution in [0.1, 0.15) is 36.1 Å². The maximum absolute atomic E-state index is 13.3. The Morgan fingerprint density at radius 2 is 1.82 bits per heavy atom. The van der Waals surface area contributed by atoms with Gasteiger partial charge in [0.2, 0.25) is 0 Å². The predicted octanol–water partition coefficient (Wildman–Crippen LogP) is 5.60. The van der Waals surface area contributed by atoms with E-state index in [0.717, 1.165) is 25.0 Å². The van der Waals surface area contributed by atoms with Crippen LogP contribution in [-0.4, -0.2) is 21.5 Å². The van der Waals surface area contributed by atoms with Crippen molar-refractivity contribution in [1.29, 1.82) is 0 Å². The van der Waals surface area contributed by atoms with Gasteiger partial charge in [-0.2, -0.15) is 18.3 Å². The first-order valence-corrected chi connectivity index (χ1v) is 9.29. The summed E-state index contributed by atoms with van der Waals surface area (Å²) >= 11 is 6.07. The molecule has 0 unspecified atom stereocenters. The maximum Gasteiger partial charge on any atom is 0.416 e. The van der Waals surface area contributed by atoms with E-state index in [9.17, 15) is 17.6 Å². The molecule has 1 aromatic heterocycles. The van der Waals surface area contributed by atoms with Crippen LogP contribution in [0, 0.1) is 5.82 Å². The fourth-order valence-electron chi connectivity index (χ4n) is 3.12. The topological polar surface area (TPSA) is 38.1 Å². The lowest BCUT2D eigenvalue weighted by Gasteiger charge is -2.09. The number of aromatic nitrogens is 2. The molecule has 3 aromatic rings. The summed E-state index contributed by atoms with van der Waals surface area (Å²) in [5, 5.41) is 14.2. The van der Waals surface area contributed by atoms with Crippen molar-refractivity contribution in [3.8, 4) is 0 Å². The Kier molecular flexibility index (Phi) is 6.25. The Hall–Kier alpha value is -2.12. The molecule has 0 aliphatic heterocycles. The van der Waals surface area contributed by atoms with E-state index in [0.29, 0.717) is 35.0 Å². The summed E-state index contributed by atoms with van der Waals surface area (Å²) in [6.45, 7) is 0.237. The van der Waals surface area contributed by atoms with Gasteiger partial charge in [0.05, 0.1) is 23.3 Å². The number of fused-ring (bicyclic) bond motifs is 1. The molecule has 0 saturated carbocycles. The molecule has 0 aliphatic carbocycles. The van der Waals surface area contributed by atoms with E-state index < -0.39 is 17.6 Å². The Balaban J connectivity index is 2.00. The van der Waals surface area contributed by atoms with Crippen LogP contribution in [0.25, 0.3) is 10.9 Å². The largest absolute Gasteiger partial charge is 0.416 e. The van der Waals surface area contributed by atoms with E-state index in [1.54, 1.807) is 0 Å². The Labute approximate surface area is 164 Å². The first-order valence-electron chi connectivity index (χ1n) is 8.91. The normalized spacial score (nSPS) is 12.1. The van der Waals surface area contributed by atoms with Gasteiger partial charge in [-0.15, -0.1) is 0 Å². The summed E-state index contributed by atoms with van der Waals surface area (Å²) in [7, 11) is 0. The van der Waals surface area contributed by atoms with E-state index in [1.807, 2.05) is 0 Å². The molecular weight excluding hydrogens is 396 g/mol. The minimum absolute atomic E-state index is 0.104. The van der Waals surface area contributed by atoms with Crippen LogP contribution in [-0.2, 0) is 19.1 Å². The van der Waals surface area contributed by atoms with E-state index in [-0.39, 0.29) is 18.2 Å². The lowest BCUT2D eigenvalue weighted by molar-refractivity contribution is -0.137. The Morgan fingerprint density at radius 1 is 1.04 bits per heavy atom. The molecule has 0 spiro atoms. The monoisotopic (exact) mass is 414 g/mol. The second-order valence-corrected chi connectivity index (χ2v) is 7.01. The molecule has 0 bridgehead atoms. The Morgan fingerprint density at radius 3 is 2.50 bits per heavy atom. The average molecular weight is 415 g/mol. The molecule has 0 fully saturated rings. The lowest BCUT2D eigenvalue weighted by Crippen LogP contribution is -2.06. The quantitative estimate of drug-likeness (QED) is 0.403. The van der Waals surface area contributed by atoms with Crippen molar-refractivity contribution >= 4 is 22.5 Å².